The molecule has 0 aliphatic rings. The number of aryl methyl sites for hydroxylation is 1. The van der Waals surface area contributed by atoms with Crippen molar-refractivity contribution in [2.24, 2.45) is 5.73 Å². The third-order valence-corrected chi connectivity index (χ3v) is 4.88. The minimum absolute atomic E-state index is 0. The van der Waals surface area contributed by atoms with Crippen LogP contribution in [0.1, 0.15) is 32.3 Å². The Hall–Kier alpha value is -1.24. The van der Waals surface area contributed by atoms with Crippen LogP contribution in [0, 0.1) is 6.92 Å². The number of anilines is 1. The van der Waals surface area contributed by atoms with Gasteiger partial charge in [0.25, 0.3) is 0 Å². The topological polar surface area (TPSA) is 84.2 Å². The molecule has 0 aromatic heterocycles. The minimum Gasteiger partial charge on any atom is -0.349 e. The van der Waals surface area contributed by atoms with Crippen molar-refractivity contribution in [3.63, 3.8) is 0 Å². The molecule has 136 valence electrons. The summed E-state index contributed by atoms with van der Waals surface area (Å²) in [6, 6.07) is 7.61. The van der Waals surface area contributed by atoms with E-state index in [9.17, 15) is 9.59 Å². The lowest BCUT2D eigenvalue weighted by atomic mass is 9.93. The molecule has 0 radical (unpaired) electrons. The molecule has 5 nitrogen and oxygen atoms in total. The first-order valence-electron chi connectivity index (χ1n) is 7.90. The summed E-state index contributed by atoms with van der Waals surface area (Å²) < 4.78 is 0. The summed E-state index contributed by atoms with van der Waals surface area (Å²) in [5.41, 5.74) is 7.34. The van der Waals surface area contributed by atoms with Gasteiger partial charge in [-0.2, -0.15) is 0 Å². The van der Waals surface area contributed by atoms with Crippen molar-refractivity contribution in [3.05, 3.63) is 29.8 Å². The smallest absolute Gasteiger partial charge is 0.234 e. The zero-order chi connectivity index (χ0) is 17.3. The third kappa shape index (κ3) is 7.55. The molecule has 0 saturated heterocycles. The first-order chi connectivity index (χ1) is 10.9. The summed E-state index contributed by atoms with van der Waals surface area (Å²) in [7, 11) is 0. The number of carbonyl (C=O) groups excluding carboxylic acids is 2. The Bertz CT molecular complexity index is 511. The summed E-state index contributed by atoms with van der Waals surface area (Å²) in [5, 5.41) is 5.81. The molecule has 0 aliphatic heterocycles. The van der Waals surface area contributed by atoms with Gasteiger partial charge in [-0.25, -0.2) is 0 Å². The second-order valence-corrected chi connectivity index (χ2v) is 6.63. The number of nitrogens with one attached hydrogen (secondary N) is 2. The number of amides is 2. The van der Waals surface area contributed by atoms with Gasteiger partial charge in [0.2, 0.25) is 11.8 Å². The number of nitrogens with two attached hydrogens (primary N) is 1. The fourth-order valence-corrected chi connectivity index (χ4v) is 2.79. The van der Waals surface area contributed by atoms with E-state index in [0.29, 0.717) is 6.54 Å². The van der Waals surface area contributed by atoms with Crippen molar-refractivity contribution >= 4 is 41.7 Å². The Morgan fingerprint density at radius 3 is 2.12 bits per heavy atom. The van der Waals surface area contributed by atoms with Gasteiger partial charge in [-0.05, 0) is 31.9 Å². The number of benzene rings is 1. The maximum Gasteiger partial charge on any atom is 0.234 e. The molecule has 1 rings (SSSR count). The fraction of sp³-hybridized carbons (Fsp3) is 0.529. The predicted molar refractivity (Wildman–Crippen MR) is 105 cm³/mol. The molecule has 2 amide bonds. The Balaban J connectivity index is 0.00000529. The van der Waals surface area contributed by atoms with Crippen LogP contribution in [0.15, 0.2) is 24.3 Å². The average Bonchev–Trinajstić information content (AvgIpc) is 2.55. The molecule has 0 unspecified atom stereocenters. The number of hydrogen-bond donors (Lipinski definition) is 3. The molecule has 0 spiro atoms. The van der Waals surface area contributed by atoms with Crippen LogP contribution in [-0.4, -0.2) is 35.4 Å². The normalized spacial score (nSPS) is 10.7. The molecule has 0 aliphatic carbocycles. The van der Waals surface area contributed by atoms with Crippen LogP contribution in [0.3, 0.4) is 0 Å². The average molecular weight is 374 g/mol. The molecule has 1 aromatic carbocycles. The summed E-state index contributed by atoms with van der Waals surface area (Å²) >= 11 is 1.30. The zero-order valence-corrected chi connectivity index (χ0v) is 16.2. The monoisotopic (exact) mass is 373 g/mol. The number of rotatable bonds is 9. The predicted octanol–water partition coefficient (Wildman–Crippen LogP) is 2.72. The van der Waals surface area contributed by atoms with E-state index in [-0.39, 0.29) is 41.3 Å². The van der Waals surface area contributed by atoms with Gasteiger partial charge in [0, 0.05) is 12.2 Å². The maximum atomic E-state index is 12.0. The molecule has 0 fully saturated rings. The SMILES string of the molecule is CCC(CC)(CN)NC(=O)CSCC(=O)Nc1ccc(C)cc1.Cl. The lowest BCUT2D eigenvalue weighted by Gasteiger charge is -2.31. The van der Waals surface area contributed by atoms with E-state index >= 15 is 0 Å². The van der Waals surface area contributed by atoms with Gasteiger partial charge in [0.1, 0.15) is 0 Å². The van der Waals surface area contributed by atoms with Crippen LogP contribution in [0.5, 0.6) is 0 Å². The van der Waals surface area contributed by atoms with Crippen LogP contribution < -0.4 is 16.4 Å². The molecule has 1 aromatic rings. The zero-order valence-electron chi connectivity index (χ0n) is 14.6. The molecule has 0 bridgehead atoms. The molecule has 24 heavy (non-hydrogen) atoms. The standard InChI is InChI=1S/C17H27N3O2S.ClH/c1-4-17(5-2,12-18)20-16(22)11-23-10-15(21)19-14-8-6-13(3)7-9-14;/h6-9H,4-5,10-12,18H2,1-3H3,(H,19,21)(H,20,22);1H. The second-order valence-electron chi connectivity index (χ2n) is 5.65. The highest BCUT2D eigenvalue weighted by Gasteiger charge is 2.26. The highest BCUT2D eigenvalue weighted by Crippen LogP contribution is 2.14. The Kier molecular flexibility index (Phi) is 10.8. The van der Waals surface area contributed by atoms with Crippen molar-refractivity contribution < 1.29 is 9.59 Å². The highest BCUT2D eigenvalue weighted by atomic mass is 35.5. The van der Waals surface area contributed by atoms with Crippen LogP contribution >= 0.6 is 24.2 Å². The lowest BCUT2D eigenvalue weighted by molar-refractivity contribution is -0.120. The van der Waals surface area contributed by atoms with Gasteiger partial charge in [-0.3, -0.25) is 9.59 Å². The van der Waals surface area contributed by atoms with E-state index in [1.165, 1.54) is 11.8 Å². The summed E-state index contributed by atoms with van der Waals surface area (Å²) in [4.78, 5) is 23.8. The molecule has 4 N–H and O–H groups in total. The van der Waals surface area contributed by atoms with Crippen molar-refractivity contribution in [3.8, 4) is 0 Å². The summed E-state index contributed by atoms with van der Waals surface area (Å²) in [6.45, 7) is 6.44. The Morgan fingerprint density at radius 2 is 1.62 bits per heavy atom. The maximum absolute atomic E-state index is 12.0. The van der Waals surface area contributed by atoms with Crippen molar-refractivity contribution in [2.45, 2.75) is 39.2 Å². The van der Waals surface area contributed by atoms with E-state index in [0.717, 1.165) is 24.1 Å². The minimum atomic E-state index is -0.332. The van der Waals surface area contributed by atoms with E-state index in [1.54, 1.807) is 0 Å². The molecule has 0 heterocycles. The Morgan fingerprint density at radius 1 is 1.08 bits per heavy atom. The van der Waals surface area contributed by atoms with E-state index in [1.807, 2.05) is 45.0 Å². The van der Waals surface area contributed by atoms with Crippen LogP contribution in [0.25, 0.3) is 0 Å². The molecular weight excluding hydrogens is 346 g/mol. The third-order valence-electron chi connectivity index (χ3n) is 3.95. The van der Waals surface area contributed by atoms with E-state index in [4.69, 9.17) is 5.73 Å². The van der Waals surface area contributed by atoms with Gasteiger partial charge in [-0.1, -0.05) is 31.5 Å². The van der Waals surface area contributed by atoms with Crippen molar-refractivity contribution in [1.29, 1.82) is 0 Å². The van der Waals surface area contributed by atoms with Gasteiger partial charge in [0.05, 0.1) is 17.0 Å². The Labute approximate surface area is 154 Å². The van der Waals surface area contributed by atoms with Gasteiger partial charge in [-0.15, -0.1) is 24.2 Å². The van der Waals surface area contributed by atoms with Crippen LogP contribution in [-0.2, 0) is 9.59 Å². The highest BCUT2D eigenvalue weighted by molar-refractivity contribution is 8.00. The first kappa shape index (κ1) is 22.8. The first-order valence-corrected chi connectivity index (χ1v) is 9.05. The molecular formula is C17H28ClN3O2S. The lowest BCUT2D eigenvalue weighted by Crippen LogP contribution is -2.53. The summed E-state index contributed by atoms with van der Waals surface area (Å²) in [5.74, 6) is 0.313. The van der Waals surface area contributed by atoms with Crippen molar-refractivity contribution in [2.75, 3.05) is 23.4 Å². The van der Waals surface area contributed by atoms with Crippen molar-refractivity contribution in [1.82, 2.24) is 5.32 Å². The number of halogens is 1. The molecule has 0 saturated carbocycles. The summed E-state index contributed by atoms with van der Waals surface area (Å²) in [6.07, 6.45) is 1.59. The second kappa shape index (κ2) is 11.3. The van der Waals surface area contributed by atoms with Gasteiger partial charge in [0.15, 0.2) is 0 Å². The fourth-order valence-electron chi connectivity index (χ4n) is 2.17. The number of carbonyl (C=O) groups is 2. The molecule has 0 atom stereocenters. The van der Waals surface area contributed by atoms with Gasteiger partial charge < -0.3 is 16.4 Å². The quantitative estimate of drug-likeness (QED) is 0.621. The van der Waals surface area contributed by atoms with Crippen LogP contribution in [0.2, 0.25) is 0 Å². The van der Waals surface area contributed by atoms with Gasteiger partial charge >= 0.3 is 0 Å². The largest absolute Gasteiger partial charge is 0.349 e. The number of hydrogen-bond acceptors (Lipinski definition) is 4. The van der Waals surface area contributed by atoms with E-state index in [2.05, 4.69) is 10.6 Å². The van der Waals surface area contributed by atoms with E-state index < -0.39 is 0 Å². The molecule has 7 heteroatoms. The number of thioether (sulfide) groups is 1. The van der Waals surface area contributed by atoms with Crippen LogP contribution in [0.4, 0.5) is 5.69 Å².